The summed E-state index contributed by atoms with van der Waals surface area (Å²) in [6.45, 7) is 7.30. The van der Waals surface area contributed by atoms with E-state index in [1.54, 1.807) is 21.6 Å². The van der Waals surface area contributed by atoms with Gasteiger partial charge in [0, 0.05) is 30.0 Å². The fourth-order valence-corrected chi connectivity index (χ4v) is 5.29. The standard InChI is InChI=1S/C31H51N5O2S2/c1-4-5-6-7-8-9-10-11-12-13-14-15-16-17-18-19-20-21-22-23-28(37)34-24-25-39-40-31(2,3)27-36-29(38)26-35-30(32)33/h5-6,8-9,11-12,14-15,17-18,20-21H,4,7,10,13,16,19,22-27H2,1-3H3,(H,34,37)(H,36,38)(H4,32,33,35)/b6-5-,9-8-,12-11-,15-14-,18-17-,21-20-. The van der Waals surface area contributed by atoms with Crippen LogP contribution in [0.15, 0.2) is 77.9 Å². The van der Waals surface area contributed by atoms with Gasteiger partial charge in [0.15, 0.2) is 5.96 Å². The van der Waals surface area contributed by atoms with Crippen LogP contribution in [-0.4, -0.2) is 47.9 Å². The minimum atomic E-state index is -0.216. The monoisotopic (exact) mass is 589 g/mol. The van der Waals surface area contributed by atoms with Gasteiger partial charge in [0.2, 0.25) is 11.8 Å². The van der Waals surface area contributed by atoms with Crippen molar-refractivity contribution in [3.8, 4) is 0 Å². The predicted molar refractivity (Wildman–Crippen MR) is 178 cm³/mol. The first-order valence-electron chi connectivity index (χ1n) is 14.1. The second-order valence-corrected chi connectivity index (χ2v) is 12.6. The van der Waals surface area contributed by atoms with Crippen molar-refractivity contribution in [2.75, 3.05) is 25.4 Å². The minimum absolute atomic E-state index is 0.0661. The molecule has 40 heavy (non-hydrogen) atoms. The number of hydrogen-bond donors (Lipinski definition) is 4. The second-order valence-electron chi connectivity index (χ2n) is 9.49. The molecule has 0 unspecified atom stereocenters. The summed E-state index contributed by atoms with van der Waals surface area (Å²) in [6, 6.07) is 0. The molecule has 0 aliphatic heterocycles. The van der Waals surface area contributed by atoms with Gasteiger partial charge in [0.25, 0.3) is 0 Å². The molecule has 0 aliphatic rings. The third-order valence-corrected chi connectivity index (χ3v) is 8.33. The Morgan fingerprint density at radius 3 is 1.75 bits per heavy atom. The molecular weight excluding hydrogens is 539 g/mol. The lowest BCUT2D eigenvalue weighted by Crippen LogP contribution is -2.37. The van der Waals surface area contributed by atoms with Gasteiger partial charge in [-0.15, -0.1) is 0 Å². The maximum Gasteiger partial charge on any atom is 0.241 e. The SMILES string of the molecule is CC/C=C\C/C=C\C/C=C\C/C=C\C/C=C\C/C=C\CCC(=O)NCCSSC(C)(C)CNC(=O)CN=C(N)N. The molecule has 9 heteroatoms. The molecule has 0 aromatic carbocycles. The summed E-state index contributed by atoms with van der Waals surface area (Å²) in [4.78, 5) is 27.4. The molecule has 0 aliphatic carbocycles. The average molecular weight is 590 g/mol. The van der Waals surface area contributed by atoms with Gasteiger partial charge in [0.1, 0.15) is 6.54 Å². The fraction of sp³-hybridized carbons (Fsp3) is 0.516. The van der Waals surface area contributed by atoms with Crippen LogP contribution in [0.4, 0.5) is 0 Å². The average Bonchev–Trinajstić information content (AvgIpc) is 2.91. The maximum atomic E-state index is 12.0. The molecule has 0 heterocycles. The van der Waals surface area contributed by atoms with Crippen LogP contribution < -0.4 is 22.1 Å². The van der Waals surface area contributed by atoms with Gasteiger partial charge in [-0.05, 0) is 58.8 Å². The number of aliphatic imine (C=N–C) groups is 1. The van der Waals surface area contributed by atoms with Crippen molar-refractivity contribution in [3.63, 3.8) is 0 Å². The first kappa shape index (κ1) is 37.4. The number of nitrogens with one attached hydrogen (secondary N) is 2. The Morgan fingerprint density at radius 1 is 0.750 bits per heavy atom. The smallest absolute Gasteiger partial charge is 0.241 e. The lowest BCUT2D eigenvalue weighted by Gasteiger charge is -2.23. The van der Waals surface area contributed by atoms with Gasteiger partial charge in [-0.25, -0.2) is 4.99 Å². The zero-order valence-electron chi connectivity index (χ0n) is 24.6. The molecular formula is C31H51N5O2S2. The van der Waals surface area contributed by atoms with Crippen LogP contribution in [0.25, 0.3) is 0 Å². The summed E-state index contributed by atoms with van der Waals surface area (Å²) in [5, 5.41) is 5.78. The minimum Gasteiger partial charge on any atom is -0.370 e. The van der Waals surface area contributed by atoms with Gasteiger partial charge >= 0.3 is 0 Å². The van der Waals surface area contributed by atoms with Crippen molar-refractivity contribution >= 4 is 39.4 Å². The van der Waals surface area contributed by atoms with Crippen LogP contribution in [0.3, 0.4) is 0 Å². The van der Waals surface area contributed by atoms with Crippen LogP contribution >= 0.6 is 21.6 Å². The molecule has 0 fully saturated rings. The van der Waals surface area contributed by atoms with Gasteiger partial charge in [-0.3, -0.25) is 9.59 Å². The summed E-state index contributed by atoms with van der Waals surface area (Å²) in [5.74, 6) is 0.545. The molecule has 7 nitrogen and oxygen atoms in total. The highest BCUT2D eigenvalue weighted by Crippen LogP contribution is 2.34. The van der Waals surface area contributed by atoms with E-state index in [4.69, 9.17) is 11.5 Å². The number of rotatable bonds is 23. The van der Waals surface area contributed by atoms with Crippen LogP contribution in [0, 0.1) is 0 Å². The molecule has 0 aromatic heterocycles. The Bertz CT molecular complexity index is 886. The Kier molecular flexibility index (Phi) is 24.8. The second kappa shape index (κ2) is 26.6. The molecule has 0 rings (SSSR count). The van der Waals surface area contributed by atoms with Crippen molar-refractivity contribution in [1.29, 1.82) is 0 Å². The fourth-order valence-electron chi connectivity index (χ4n) is 2.94. The summed E-state index contributed by atoms with van der Waals surface area (Å²) < 4.78 is -0.154. The van der Waals surface area contributed by atoms with Crippen molar-refractivity contribution < 1.29 is 9.59 Å². The Morgan fingerprint density at radius 2 is 1.25 bits per heavy atom. The number of carbonyl (C=O) groups excluding carboxylic acids is 2. The number of nitrogens with zero attached hydrogens (tertiary/aromatic N) is 1. The van der Waals surface area contributed by atoms with Crippen LogP contribution in [0.2, 0.25) is 0 Å². The first-order valence-corrected chi connectivity index (χ1v) is 16.4. The Hall–Kier alpha value is -2.65. The third kappa shape index (κ3) is 28.4. The highest BCUT2D eigenvalue weighted by Gasteiger charge is 2.19. The number of allylic oxidation sites excluding steroid dienone is 12. The van der Waals surface area contributed by atoms with Gasteiger partial charge in [-0.2, -0.15) is 0 Å². The summed E-state index contributed by atoms with van der Waals surface area (Å²) >= 11 is 0. The molecule has 0 atom stereocenters. The van der Waals surface area contributed by atoms with Crippen LogP contribution in [0.1, 0.15) is 72.1 Å². The van der Waals surface area contributed by atoms with Gasteiger partial charge in [0.05, 0.1) is 0 Å². The van der Waals surface area contributed by atoms with Crippen molar-refractivity contribution in [2.24, 2.45) is 16.5 Å². The quantitative estimate of drug-likeness (QED) is 0.0374. The summed E-state index contributed by atoms with van der Waals surface area (Å²) in [6.07, 6.45) is 33.2. The van der Waals surface area contributed by atoms with E-state index in [2.05, 4.69) is 109 Å². The third-order valence-electron chi connectivity index (χ3n) is 5.04. The number of carbonyl (C=O) groups is 2. The van der Waals surface area contributed by atoms with E-state index in [0.717, 1.165) is 50.7 Å². The zero-order valence-corrected chi connectivity index (χ0v) is 26.3. The molecule has 0 saturated heterocycles. The predicted octanol–water partition coefficient (Wildman–Crippen LogP) is 6.13. The van der Waals surface area contributed by atoms with E-state index in [-0.39, 0.29) is 29.1 Å². The van der Waals surface area contributed by atoms with E-state index >= 15 is 0 Å². The zero-order chi connectivity index (χ0) is 29.7. The van der Waals surface area contributed by atoms with Crippen molar-refractivity contribution in [1.82, 2.24) is 10.6 Å². The molecule has 6 N–H and O–H groups in total. The highest BCUT2D eigenvalue weighted by molar-refractivity contribution is 8.77. The summed E-state index contributed by atoms with van der Waals surface area (Å²) in [7, 11) is 3.35. The van der Waals surface area contributed by atoms with E-state index in [1.165, 1.54) is 0 Å². The highest BCUT2D eigenvalue weighted by atomic mass is 33.1. The van der Waals surface area contributed by atoms with E-state index in [0.29, 0.717) is 19.5 Å². The topological polar surface area (TPSA) is 123 Å². The van der Waals surface area contributed by atoms with E-state index in [1.807, 2.05) is 0 Å². The lowest BCUT2D eigenvalue weighted by atomic mass is 10.2. The van der Waals surface area contributed by atoms with Gasteiger partial charge in [-0.1, -0.05) is 101 Å². The van der Waals surface area contributed by atoms with Gasteiger partial charge < -0.3 is 22.1 Å². The lowest BCUT2D eigenvalue weighted by molar-refractivity contribution is -0.121. The molecule has 0 radical (unpaired) electrons. The Labute approximate surface area is 250 Å². The maximum absolute atomic E-state index is 12.0. The van der Waals surface area contributed by atoms with Crippen molar-refractivity contribution in [3.05, 3.63) is 72.9 Å². The van der Waals surface area contributed by atoms with Crippen molar-refractivity contribution in [2.45, 2.75) is 76.9 Å². The van der Waals surface area contributed by atoms with E-state index in [9.17, 15) is 9.59 Å². The number of hydrogen-bond acceptors (Lipinski definition) is 5. The largest absolute Gasteiger partial charge is 0.370 e. The molecule has 0 bridgehead atoms. The number of guanidine groups is 1. The molecule has 224 valence electrons. The normalized spacial score (nSPS) is 12.6. The molecule has 0 spiro atoms. The Balaban J connectivity index is 3.73. The first-order chi connectivity index (χ1) is 19.3. The molecule has 0 saturated carbocycles. The number of amides is 2. The molecule has 2 amide bonds. The van der Waals surface area contributed by atoms with Crippen LogP contribution in [-0.2, 0) is 9.59 Å². The van der Waals surface area contributed by atoms with Crippen LogP contribution in [0.5, 0.6) is 0 Å². The summed E-state index contributed by atoms with van der Waals surface area (Å²) in [5.41, 5.74) is 10.5. The molecule has 0 aromatic rings. The number of nitrogens with two attached hydrogens (primary N) is 2. The van der Waals surface area contributed by atoms with E-state index < -0.39 is 0 Å².